The molecule has 2 rings (SSSR count). The molecule has 0 amide bonds. The molecule has 0 saturated heterocycles. The lowest BCUT2D eigenvalue weighted by atomic mass is 10.1. The highest BCUT2D eigenvalue weighted by Crippen LogP contribution is 2.30. The molecular formula is C27H48ClN3O4S. The first kappa shape index (κ1) is 32.6. The van der Waals surface area contributed by atoms with Gasteiger partial charge in [-0.15, -0.1) is 4.37 Å². The van der Waals surface area contributed by atoms with Gasteiger partial charge < -0.3 is 26.6 Å². The zero-order chi connectivity index (χ0) is 25.2. The van der Waals surface area contributed by atoms with E-state index in [1.54, 1.807) is 0 Å². The minimum absolute atomic E-state index is 0. The zero-order valence-electron chi connectivity index (χ0n) is 22.8. The van der Waals surface area contributed by atoms with Crippen LogP contribution in [-0.2, 0) is 9.47 Å². The summed E-state index contributed by atoms with van der Waals surface area (Å²) < 4.78 is 26.2. The van der Waals surface area contributed by atoms with Crippen LogP contribution in [0.1, 0.15) is 109 Å². The van der Waals surface area contributed by atoms with Gasteiger partial charge in [-0.05, 0) is 12.8 Å². The van der Waals surface area contributed by atoms with Crippen molar-refractivity contribution in [2.75, 3.05) is 40.1 Å². The average Bonchev–Trinajstić information content (AvgIpc) is 3.32. The van der Waals surface area contributed by atoms with Crippen LogP contribution in [-0.4, -0.2) is 59.5 Å². The van der Waals surface area contributed by atoms with Crippen molar-refractivity contribution in [1.82, 2.24) is 8.75 Å². The van der Waals surface area contributed by atoms with Crippen LogP contribution in [0.15, 0.2) is 6.08 Å². The van der Waals surface area contributed by atoms with Crippen LogP contribution in [0.4, 0.5) is 4.79 Å². The second-order valence-corrected chi connectivity index (χ2v) is 10.6. The van der Waals surface area contributed by atoms with Crippen molar-refractivity contribution in [3.8, 4) is 5.88 Å². The number of carbonyl (C=O) groups is 1. The summed E-state index contributed by atoms with van der Waals surface area (Å²) in [6.45, 7) is 7.48. The van der Waals surface area contributed by atoms with Gasteiger partial charge in [0, 0.05) is 12.0 Å². The molecule has 208 valence electrons. The van der Waals surface area contributed by atoms with Crippen molar-refractivity contribution in [2.45, 2.75) is 104 Å². The third-order valence-corrected chi connectivity index (χ3v) is 7.08. The molecule has 7 nitrogen and oxygen atoms in total. The Labute approximate surface area is 229 Å². The third-order valence-electron chi connectivity index (χ3n) is 6.57. The number of rotatable bonds is 19. The molecule has 1 aromatic rings. The second kappa shape index (κ2) is 19.7. The lowest BCUT2D eigenvalue weighted by molar-refractivity contribution is -0.919. The lowest BCUT2D eigenvalue weighted by Gasteiger charge is -2.36. The van der Waals surface area contributed by atoms with E-state index in [0.29, 0.717) is 30.3 Å². The first-order valence-electron chi connectivity index (χ1n) is 13.9. The molecule has 1 aliphatic rings. The number of hydrogen-bond acceptors (Lipinski definition) is 7. The Morgan fingerprint density at radius 1 is 0.889 bits per heavy atom. The number of aromatic nitrogens is 2. The molecular weight excluding hydrogens is 498 g/mol. The van der Waals surface area contributed by atoms with Crippen molar-refractivity contribution in [2.24, 2.45) is 0 Å². The van der Waals surface area contributed by atoms with Crippen LogP contribution in [0.2, 0.25) is 0 Å². The first-order valence-corrected chi connectivity index (χ1v) is 14.6. The van der Waals surface area contributed by atoms with Crippen molar-refractivity contribution in [3.63, 3.8) is 0 Å². The van der Waals surface area contributed by atoms with E-state index in [4.69, 9.17) is 14.2 Å². The van der Waals surface area contributed by atoms with Gasteiger partial charge in [0.15, 0.2) is 0 Å². The summed E-state index contributed by atoms with van der Waals surface area (Å²) >= 11 is 1.19. The number of likely N-dealkylation sites (N-methyl/N-ethyl adjacent to an activating group) is 1. The summed E-state index contributed by atoms with van der Waals surface area (Å²) in [6, 6.07) is 0. The molecule has 1 aliphatic heterocycles. The Hall–Kier alpha value is -1.38. The average molecular weight is 546 g/mol. The van der Waals surface area contributed by atoms with Crippen LogP contribution >= 0.6 is 11.7 Å². The van der Waals surface area contributed by atoms with E-state index >= 15 is 0 Å². The molecule has 1 unspecified atom stereocenters. The van der Waals surface area contributed by atoms with Crippen LogP contribution in [0.25, 0.3) is 5.57 Å². The number of halogens is 1. The molecule has 0 aromatic carbocycles. The number of unbranched alkanes of at least 4 members (excludes halogenated alkanes) is 11. The molecule has 0 spiro atoms. The third kappa shape index (κ3) is 13.2. The summed E-state index contributed by atoms with van der Waals surface area (Å²) in [6.07, 6.45) is 18.4. The number of hydrogen-bond donors (Lipinski definition) is 0. The summed E-state index contributed by atoms with van der Waals surface area (Å²) in [5, 5.41) is 0. The highest BCUT2D eigenvalue weighted by Gasteiger charge is 2.31. The number of quaternary nitrogens is 1. The molecule has 0 fully saturated rings. The van der Waals surface area contributed by atoms with E-state index in [1.165, 1.54) is 75.9 Å². The van der Waals surface area contributed by atoms with Crippen LogP contribution in [0, 0.1) is 0 Å². The van der Waals surface area contributed by atoms with Crippen molar-refractivity contribution >= 4 is 23.5 Å². The highest BCUT2D eigenvalue weighted by molar-refractivity contribution is 6.99. The van der Waals surface area contributed by atoms with E-state index in [2.05, 4.69) is 35.7 Å². The second-order valence-electron chi connectivity index (χ2n) is 10.0. The minimum Gasteiger partial charge on any atom is -1.00 e. The van der Waals surface area contributed by atoms with Gasteiger partial charge in [-0.25, -0.2) is 4.79 Å². The maximum absolute atomic E-state index is 12.1. The monoisotopic (exact) mass is 545 g/mol. The number of nitrogens with zero attached hydrogens (tertiary/aromatic N) is 3. The highest BCUT2D eigenvalue weighted by atomic mass is 35.5. The van der Waals surface area contributed by atoms with Crippen LogP contribution < -0.4 is 17.1 Å². The van der Waals surface area contributed by atoms with E-state index < -0.39 is 6.16 Å². The van der Waals surface area contributed by atoms with Gasteiger partial charge in [0.2, 0.25) is 6.73 Å². The van der Waals surface area contributed by atoms with E-state index in [0.717, 1.165) is 50.0 Å². The summed E-state index contributed by atoms with van der Waals surface area (Å²) in [5.74, 6) is 0.632. The first-order chi connectivity index (χ1) is 17.1. The normalized spacial score (nSPS) is 17.2. The van der Waals surface area contributed by atoms with Gasteiger partial charge in [0.05, 0.1) is 38.5 Å². The molecule has 0 bridgehead atoms. The van der Waals surface area contributed by atoms with Crippen LogP contribution in [0.5, 0.6) is 5.88 Å². The topological polar surface area (TPSA) is 70.5 Å². The summed E-state index contributed by atoms with van der Waals surface area (Å²) in [5.41, 5.74) is 1.95. The summed E-state index contributed by atoms with van der Waals surface area (Å²) in [7, 11) is 2.10. The van der Waals surface area contributed by atoms with Gasteiger partial charge in [0.25, 0.3) is 5.88 Å². The minimum atomic E-state index is -0.563. The Kier molecular flexibility index (Phi) is 17.9. The molecule has 0 aliphatic carbocycles. The van der Waals surface area contributed by atoms with E-state index in [9.17, 15) is 4.79 Å². The van der Waals surface area contributed by atoms with Gasteiger partial charge >= 0.3 is 6.16 Å². The number of ether oxygens (including phenoxy) is 3. The Morgan fingerprint density at radius 3 is 2.19 bits per heavy atom. The fourth-order valence-corrected chi connectivity index (χ4v) is 4.91. The quantitative estimate of drug-likeness (QED) is 0.146. The van der Waals surface area contributed by atoms with Gasteiger partial charge in [-0.2, -0.15) is 4.37 Å². The largest absolute Gasteiger partial charge is 1.00 e. The SMILES string of the molecule is CCCCCCCCCCCOC(=O)OC[N+]1(C)CCC=C(c2nsnc2OCCCCCC)C1.[Cl-]. The fraction of sp³-hybridized carbons (Fsp3) is 0.815. The lowest BCUT2D eigenvalue weighted by Crippen LogP contribution is -3.00. The number of carbonyl (C=O) groups excluding carboxylic acids is 1. The zero-order valence-corrected chi connectivity index (χ0v) is 24.3. The molecule has 36 heavy (non-hydrogen) atoms. The standard InChI is InChI=1S/C27H48N3O4S.ClH/c1-4-6-8-10-11-12-13-14-16-21-33-27(31)34-23-30(3)19-17-18-24(22-30)25-26(29-35-28-25)32-20-15-9-7-5-2;/h18H,4-17,19-23H2,1-3H3;1H/q+1;/p-1. The summed E-state index contributed by atoms with van der Waals surface area (Å²) in [4.78, 5) is 12.1. The maximum Gasteiger partial charge on any atom is 0.512 e. The van der Waals surface area contributed by atoms with Gasteiger partial charge in [-0.3, -0.25) is 4.48 Å². The molecule has 1 atom stereocenters. The molecule has 2 heterocycles. The van der Waals surface area contributed by atoms with E-state index in [1.807, 2.05) is 0 Å². The predicted molar refractivity (Wildman–Crippen MR) is 143 cm³/mol. The maximum atomic E-state index is 12.1. The molecule has 0 N–H and O–H groups in total. The molecule has 1 aromatic heterocycles. The van der Waals surface area contributed by atoms with E-state index in [-0.39, 0.29) is 12.4 Å². The van der Waals surface area contributed by atoms with Gasteiger partial charge in [-0.1, -0.05) is 90.6 Å². The Bertz CT molecular complexity index is 746. The van der Waals surface area contributed by atoms with Crippen LogP contribution in [0.3, 0.4) is 0 Å². The van der Waals surface area contributed by atoms with Crippen molar-refractivity contribution < 1.29 is 35.9 Å². The van der Waals surface area contributed by atoms with Gasteiger partial charge in [0.1, 0.15) is 12.2 Å². The van der Waals surface area contributed by atoms with Crippen molar-refractivity contribution in [1.29, 1.82) is 0 Å². The molecule has 9 heteroatoms. The smallest absolute Gasteiger partial charge is 0.512 e. The predicted octanol–water partition coefficient (Wildman–Crippen LogP) is 4.38. The Morgan fingerprint density at radius 2 is 1.50 bits per heavy atom. The van der Waals surface area contributed by atoms with Crippen molar-refractivity contribution in [3.05, 3.63) is 11.8 Å². The molecule has 0 radical (unpaired) electrons. The molecule has 0 saturated carbocycles. The Balaban J connectivity index is 0.00000648. The fourth-order valence-electron chi connectivity index (χ4n) is 4.37.